The van der Waals surface area contributed by atoms with E-state index in [2.05, 4.69) is 73.1 Å². The van der Waals surface area contributed by atoms with Gasteiger partial charge in [0.1, 0.15) is 0 Å². The van der Waals surface area contributed by atoms with Gasteiger partial charge in [-0.2, -0.15) is 0 Å². The fourth-order valence-electron chi connectivity index (χ4n) is 3.11. The maximum absolute atomic E-state index is 3.72. The zero-order chi connectivity index (χ0) is 13.6. The minimum absolute atomic E-state index is 1.04. The second-order valence-electron chi connectivity index (χ2n) is 5.41. The highest BCUT2D eigenvalue weighted by atomic mass is 79.9. The molecule has 96 valence electrons. The van der Waals surface area contributed by atoms with E-state index in [1.54, 1.807) is 0 Å². The number of fused-ring (bicyclic) bond motifs is 1. The minimum Gasteiger partial charge on any atom is -0.0795 e. The summed E-state index contributed by atoms with van der Waals surface area (Å²) in [6, 6.07) is 9.10. The van der Waals surface area contributed by atoms with Crippen LogP contribution in [-0.2, 0) is 6.42 Å². The third kappa shape index (κ3) is 2.17. The van der Waals surface area contributed by atoms with Crippen LogP contribution in [0, 0.1) is 20.8 Å². The molecule has 0 aliphatic heterocycles. The summed E-state index contributed by atoms with van der Waals surface area (Å²) >= 11 is 3.72. The molecule has 19 heavy (non-hydrogen) atoms. The lowest BCUT2D eigenvalue weighted by atomic mass is 9.92. The van der Waals surface area contributed by atoms with Gasteiger partial charge in [0.15, 0.2) is 0 Å². The molecular formula is C18H17Br. The molecule has 0 atom stereocenters. The minimum atomic E-state index is 1.04. The Morgan fingerprint density at radius 1 is 0.947 bits per heavy atom. The van der Waals surface area contributed by atoms with E-state index >= 15 is 0 Å². The highest BCUT2D eigenvalue weighted by molar-refractivity contribution is 9.10. The fourth-order valence-corrected chi connectivity index (χ4v) is 3.74. The molecule has 2 aromatic rings. The molecule has 1 aliphatic carbocycles. The Morgan fingerprint density at radius 3 is 2.32 bits per heavy atom. The molecule has 0 amide bonds. The van der Waals surface area contributed by atoms with Crippen molar-refractivity contribution in [3.8, 4) is 11.1 Å². The summed E-state index contributed by atoms with van der Waals surface area (Å²) in [7, 11) is 0. The Morgan fingerprint density at radius 2 is 1.63 bits per heavy atom. The third-order valence-corrected chi connectivity index (χ3v) is 4.52. The van der Waals surface area contributed by atoms with Crippen LogP contribution in [0.5, 0.6) is 0 Å². The maximum Gasteiger partial charge on any atom is 0.0222 e. The van der Waals surface area contributed by atoms with E-state index < -0.39 is 0 Å². The SMILES string of the molecule is Cc1cc(C)c(-c2cc(Br)c3c(c2)C=CC3)c(C)c1. The Balaban J connectivity index is 2.23. The summed E-state index contributed by atoms with van der Waals surface area (Å²) in [4.78, 5) is 0. The normalized spacial score (nSPS) is 12.8. The van der Waals surface area contributed by atoms with Gasteiger partial charge in [-0.25, -0.2) is 0 Å². The van der Waals surface area contributed by atoms with Crippen LogP contribution in [-0.4, -0.2) is 0 Å². The zero-order valence-electron chi connectivity index (χ0n) is 11.5. The van der Waals surface area contributed by atoms with E-state index in [-0.39, 0.29) is 0 Å². The molecule has 0 aromatic heterocycles. The maximum atomic E-state index is 3.72. The van der Waals surface area contributed by atoms with Crippen LogP contribution in [0.4, 0.5) is 0 Å². The molecule has 0 heterocycles. The van der Waals surface area contributed by atoms with E-state index in [4.69, 9.17) is 0 Å². The molecule has 0 fully saturated rings. The van der Waals surface area contributed by atoms with Gasteiger partial charge in [0.25, 0.3) is 0 Å². The number of rotatable bonds is 1. The van der Waals surface area contributed by atoms with Crippen molar-refractivity contribution in [2.45, 2.75) is 27.2 Å². The summed E-state index contributed by atoms with van der Waals surface area (Å²) in [6.07, 6.45) is 5.50. The quantitative estimate of drug-likeness (QED) is 0.642. The predicted octanol–water partition coefficient (Wildman–Crippen LogP) is 5.61. The predicted molar refractivity (Wildman–Crippen MR) is 86.5 cm³/mol. The molecule has 0 spiro atoms. The summed E-state index contributed by atoms with van der Waals surface area (Å²) in [5, 5.41) is 0. The second-order valence-corrected chi connectivity index (χ2v) is 6.26. The summed E-state index contributed by atoms with van der Waals surface area (Å²) in [5.41, 5.74) is 9.48. The summed E-state index contributed by atoms with van der Waals surface area (Å²) in [6.45, 7) is 6.56. The van der Waals surface area contributed by atoms with Gasteiger partial charge in [-0.15, -0.1) is 0 Å². The molecule has 0 saturated carbocycles. The topological polar surface area (TPSA) is 0 Å². The number of benzene rings is 2. The monoisotopic (exact) mass is 312 g/mol. The molecule has 2 aromatic carbocycles. The Labute approximate surface area is 123 Å². The van der Waals surface area contributed by atoms with Crippen molar-refractivity contribution >= 4 is 22.0 Å². The standard InChI is InChI=1S/C18H17Br/c1-11-7-12(2)18(13(3)8-11)15-9-14-5-4-6-16(14)17(19)10-15/h4-5,7-10H,6H2,1-3H3. The lowest BCUT2D eigenvalue weighted by Gasteiger charge is -2.14. The average Bonchev–Trinajstić information content (AvgIpc) is 2.76. The number of halogens is 1. The molecule has 3 rings (SSSR count). The van der Waals surface area contributed by atoms with Gasteiger partial charge >= 0.3 is 0 Å². The Kier molecular flexibility index (Phi) is 3.10. The van der Waals surface area contributed by atoms with Crippen molar-refractivity contribution in [1.29, 1.82) is 0 Å². The first kappa shape index (κ1) is 12.7. The van der Waals surface area contributed by atoms with Crippen molar-refractivity contribution in [2.75, 3.05) is 0 Å². The smallest absolute Gasteiger partial charge is 0.0222 e. The van der Waals surface area contributed by atoms with Gasteiger partial charge in [-0.05, 0) is 72.7 Å². The third-order valence-electron chi connectivity index (χ3n) is 3.82. The number of aryl methyl sites for hydroxylation is 3. The summed E-state index contributed by atoms with van der Waals surface area (Å²) in [5.74, 6) is 0. The molecular weight excluding hydrogens is 296 g/mol. The molecule has 0 saturated heterocycles. The summed E-state index contributed by atoms with van der Waals surface area (Å²) < 4.78 is 1.23. The number of hydrogen-bond donors (Lipinski definition) is 0. The van der Waals surface area contributed by atoms with Crippen LogP contribution in [0.1, 0.15) is 27.8 Å². The molecule has 0 nitrogen and oxygen atoms in total. The van der Waals surface area contributed by atoms with Crippen molar-refractivity contribution in [1.82, 2.24) is 0 Å². The van der Waals surface area contributed by atoms with Crippen LogP contribution in [0.3, 0.4) is 0 Å². The number of hydrogen-bond acceptors (Lipinski definition) is 0. The first-order valence-corrected chi connectivity index (χ1v) is 7.43. The molecule has 1 heteroatoms. The van der Waals surface area contributed by atoms with Gasteiger partial charge in [-0.3, -0.25) is 0 Å². The van der Waals surface area contributed by atoms with Crippen molar-refractivity contribution in [3.63, 3.8) is 0 Å². The van der Waals surface area contributed by atoms with Crippen LogP contribution in [0.15, 0.2) is 34.8 Å². The van der Waals surface area contributed by atoms with Gasteiger partial charge in [-0.1, -0.05) is 45.8 Å². The van der Waals surface area contributed by atoms with E-state index in [0.717, 1.165) is 6.42 Å². The largest absolute Gasteiger partial charge is 0.0795 e. The first-order chi connectivity index (χ1) is 9.06. The zero-order valence-corrected chi connectivity index (χ0v) is 13.1. The first-order valence-electron chi connectivity index (χ1n) is 6.63. The van der Waals surface area contributed by atoms with Crippen molar-refractivity contribution < 1.29 is 0 Å². The highest BCUT2D eigenvalue weighted by Crippen LogP contribution is 2.36. The van der Waals surface area contributed by atoms with Crippen LogP contribution in [0.25, 0.3) is 17.2 Å². The van der Waals surface area contributed by atoms with E-state index in [1.807, 2.05) is 0 Å². The van der Waals surface area contributed by atoms with Crippen molar-refractivity contribution in [3.05, 3.63) is 62.6 Å². The lowest BCUT2D eigenvalue weighted by molar-refractivity contribution is 1.28. The van der Waals surface area contributed by atoms with Crippen LogP contribution < -0.4 is 0 Å². The lowest BCUT2D eigenvalue weighted by Crippen LogP contribution is -1.92. The van der Waals surface area contributed by atoms with Gasteiger partial charge < -0.3 is 0 Å². The molecule has 0 N–H and O–H groups in total. The highest BCUT2D eigenvalue weighted by Gasteiger charge is 2.14. The molecule has 1 aliphatic rings. The Bertz CT molecular complexity index is 670. The van der Waals surface area contributed by atoms with Gasteiger partial charge in [0.2, 0.25) is 0 Å². The van der Waals surface area contributed by atoms with E-state index in [0.29, 0.717) is 0 Å². The fraction of sp³-hybridized carbons (Fsp3) is 0.222. The van der Waals surface area contributed by atoms with Gasteiger partial charge in [0.05, 0.1) is 0 Å². The molecule has 0 unspecified atom stereocenters. The molecule has 0 bridgehead atoms. The average molecular weight is 313 g/mol. The van der Waals surface area contributed by atoms with Crippen LogP contribution >= 0.6 is 15.9 Å². The van der Waals surface area contributed by atoms with E-state index in [1.165, 1.54) is 43.4 Å². The van der Waals surface area contributed by atoms with Gasteiger partial charge in [0, 0.05) is 4.47 Å². The second kappa shape index (κ2) is 4.64. The number of allylic oxidation sites excluding steroid dienone is 1. The molecule has 0 radical (unpaired) electrons. The van der Waals surface area contributed by atoms with E-state index in [9.17, 15) is 0 Å². The van der Waals surface area contributed by atoms with Crippen molar-refractivity contribution in [2.24, 2.45) is 0 Å². The van der Waals surface area contributed by atoms with Crippen LogP contribution in [0.2, 0.25) is 0 Å². The Hall–Kier alpha value is -1.34.